The maximum absolute atomic E-state index is 10.4. The van der Waals surface area contributed by atoms with E-state index in [1.165, 1.54) is 0 Å². The number of anilines is 2. The third-order valence-electron chi connectivity index (χ3n) is 3.75. The van der Waals surface area contributed by atoms with E-state index in [0.29, 0.717) is 6.54 Å². The molecule has 0 atom stereocenters. The third kappa shape index (κ3) is 3.83. The Morgan fingerprint density at radius 3 is 2.79 bits per heavy atom. The molecule has 1 aliphatic carbocycles. The van der Waals surface area contributed by atoms with E-state index in [0.717, 1.165) is 50.3 Å². The quantitative estimate of drug-likeness (QED) is 0.828. The molecule has 0 saturated heterocycles. The van der Waals surface area contributed by atoms with Crippen molar-refractivity contribution >= 4 is 11.6 Å². The monoisotopic (exact) mass is 263 g/mol. The largest absolute Gasteiger partial charge is 0.388 e. The van der Waals surface area contributed by atoms with Gasteiger partial charge in [-0.3, -0.25) is 0 Å². The summed E-state index contributed by atoms with van der Waals surface area (Å²) in [6.07, 6.45) is 5.17. The summed E-state index contributed by atoms with van der Waals surface area (Å²) in [7, 11) is 2.00. The number of aliphatic hydroxyl groups is 1. The lowest BCUT2D eigenvalue weighted by molar-refractivity contribution is 0.0558. The zero-order valence-electron chi connectivity index (χ0n) is 12.0. The molecule has 1 aliphatic rings. The number of pyridine rings is 1. The topological polar surface area (TPSA) is 48.4 Å². The van der Waals surface area contributed by atoms with Crippen LogP contribution in [0.4, 0.5) is 11.6 Å². The molecule has 0 bridgehead atoms. The van der Waals surface area contributed by atoms with Crippen LogP contribution >= 0.6 is 0 Å². The summed E-state index contributed by atoms with van der Waals surface area (Å²) in [6.45, 7) is 3.74. The fraction of sp³-hybridized carbons (Fsp3) is 0.667. The Morgan fingerprint density at radius 2 is 2.11 bits per heavy atom. The van der Waals surface area contributed by atoms with E-state index in [2.05, 4.69) is 22.1 Å². The van der Waals surface area contributed by atoms with Gasteiger partial charge >= 0.3 is 0 Å². The van der Waals surface area contributed by atoms with Gasteiger partial charge in [-0.05, 0) is 31.4 Å². The van der Waals surface area contributed by atoms with Crippen molar-refractivity contribution in [3.8, 4) is 0 Å². The van der Waals surface area contributed by atoms with Crippen molar-refractivity contribution in [3.63, 3.8) is 0 Å². The van der Waals surface area contributed by atoms with Crippen molar-refractivity contribution in [2.45, 2.75) is 44.6 Å². The molecular formula is C15H25N3O. The van der Waals surface area contributed by atoms with E-state index in [1.54, 1.807) is 0 Å². The second-order valence-electron chi connectivity index (χ2n) is 5.60. The highest BCUT2D eigenvalue weighted by atomic mass is 16.3. The van der Waals surface area contributed by atoms with Gasteiger partial charge in [0.25, 0.3) is 0 Å². The van der Waals surface area contributed by atoms with Crippen LogP contribution in [0.2, 0.25) is 0 Å². The summed E-state index contributed by atoms with van der Waals surface area (Å²) in [4.78, 5) is 6.65. The van der Waals surface area contributed by atoms with Gasteiger partial charge in [0.2, 0.25) is 0 Å². The van der Waals surface area contributed by atoms with Crippen LogP contribution in [0.1, 0.15) is 39.0 Å². The molecule has 19 heavy (non-hydrogen) atoms. The number of rotatable bonds is 6. The van der Waals surface area contributed by atoms with E-state index in [9.17, 15) is 5.11 Å². The maximum atomic E-state index is 10.4. The Balaban J connectivity index is 1.99. The van der Waals surface area contributed by atoms with Gasteiger partial charge in [-0.25, -0.2) is 4.98 Å². The minimum atomic E-state index is -0.525. The number of hydrogen-bond donors (Lipinski definition) is 2. The standard InChI is InChI=1S/C15H25N3O/c1-3-11-16-13-7-6-8-14(17-13)18(2)12-15(19)9-4-5-10-15/h6-8,19H,3-5,9-12H2,1-2H3,(H,16,17). The smallest absolute Gasteiger partial charge is 0.130 e. The van der Waals surface area contributed by atoms with Crippen LogP contribution in [0.3, 0.4) is 0 Å². The predicted molar refractivity (Wildman–Crippen MR) is 79.7 cm³/mol. The van der Waals surface area contributed by atoms with Crippen molar-refractivity contribution in [3.05, 3.63) is 18.2 Å². The van der Waals surface area contributed by atoms with E-state index in [4.69, 9.17) is 0 Å². The lowest BCUT2D eigenvalue weighted by Crippen LogP contribution is -2.39. The normalized spacial score (nSPS) is 17.4. The van der Waals surface area contributed by atoms with Gasteiger partial charge in [-0.15, -0.1) is 0 Å². The number of likely N-dealkylation sites (N-methyl/N-ethyl adjacent to an activating group) is 1. The van der Waals surface area contributed by atoms with Crippen molar-refractivity contribution in [2.24, 2.45) is 0 Å². The number of aromatic nitrogens is 1. The maximum Gasteiger partial charge on any atom is 0.130 e. The van der Waals surface area contributed by atoms with Crippen LogP contribution in [0.5, 0.6) is 0 Å². The number of nitrogens with zero attached hydrogens (tertiary/aromatic N) is 2. The van der Waals surface area contributed by atoms with Gasteiger partial charge in [0.05, 0.1) is 5.60 Å². The molecule has 0 aromatic carbocycles. The van der Waals surface area contributed by atoms with E-state index in [-0.39, 0.29) is 0 Å². The van der Waals surface area contributed by atoms with Crippen LogP contribution in [-0.2, 0) is 0 Å². The first kappa shape index (κ1) is 14.1. The van der Waals surface area contributed by atoms with E-state index in [1.807, 2.05) is 25.2 Å². The molecular weight excluding hydrogens is 238 g/mol. The van der Waals surface area contributed by atoms with Crippen molar-refractivity contribution in [2.75, 3.05) is 30.4 Å². The minimum absolute atomic E-state index is 0.525. The first-order valence-corrected chi connectivity index (χ1v) is 7.27. The lowest BCUT2D eigenvalue weighted by atomic mass is 10.0. The first-order chi connectivity index (χ1) is 9.13. The Bertz CT molecular complexity index is 402. The molecule has 4 nitrogen and oxygen atoms in total. The lowest BCUT2D eigenvalue weighted by Gasteiger charge is -2.29. The molecule has 0 unspecified atom stereocenters. The number of hydrogen-bond acceptors (Lipinski definition) is 4. The minimum Gasteiger partial charge on any atom is -0.388 e. The summed E-state index contributed by atoms with van der Waals surface area (Å²) in [6, 6.07) is 5.99. The van der Waals surface area contributed by atoms with E-state index >= 15 is 0 Å². The highest BCUT2D eigenvalue weighted by Crippen LogP contribution is 2.30. The van der Waals surface area contributed by atoms with Crippen LogP contribution < -0.4 is 10.2 Å². The Kier molecular flexibility index (Phi) is 4.64. The van der Waals surface area contributed by atoms with Gasteiger partial charge in [-0.2, -0.15) is 0 Å². The third-order valence-corrected chi connectivity index (χ3v) is 3.75. The van der Waals surface area contributed by atoms with Gasteiger partial charge in [0.1, 0.15) is 11.6 Å². The Labute approximate surface area is 115 Å². The molecule has 4 heteroatoms. The molecule has 0 amide bonds. The first-order valence-electron chi connectivity index (χ1n) is 7.27. The summed E-state index contributed by atoms with van der Waals surface area (Å²) >= 11 is 0. The van der Waals surface area contributed by atoms with Gasteiger partial charge in [-0.1, -0.05) is 25.8 Å². The van der Waals surface area contributed by atoms with Crippen LogP contribution in [0.25, 0.3) is 0 Å². The van der Waals surface area contributed by atoms with Gasteiger partial charge in [0.15, 0.2) is 0 Å². The molecule has 0 radical (unpaired) electrons. The van der Waals surface area contributed by atoms with Crippen LogP contribution in [-0.4, -0.2) is 35.8 Å². The summed E-state index contributed by atoms with van der Waals surface area (Å²) in [5.41, 5.74) is -0.525. The second-order valence-corrected chi connectivity index (χ2v) is 5.60. The highest BCUT2D eigenvalue weighted by Gasteiger charge is 2.32. The van der Waals surface area contributed by atoms with E-state index < -0.39 is 5.60 Å². The fourth-order valence-corrected chi connectivity index (χ4v) is 2.70. The summed E-state index contributed by atoms with van der Waals surface area (Å²) in [5.74, 6) is 1.83. The zero-order valence-corrected chi connectivity index (χ0v) is 12.0. The molecule has 1 aromatic rings. The zero-order chi connectivity index (χ0) is 13.7. The SMILES string of the molecule is CCCNc1cccc(N(C)CC2(O)CCCC2)n1. The molecule has 0 aliphatic heterocycles. The molecule has 1 heterocycles. The second kappa shape index (κ2) is 6.24. The Morgan fingerprint density at radius 1 is 1.37 bits per heavy atom. The summed E-state index contributed by atoms with van der Waals surface area (Å²) < 4.78 is 0. The summed E-state index contributed by atoms with van der Waals surface area (Å²) in [5, 5.41) is 13.7. The highest BCUT2D eigenvalue weighted by molar-refractivity contribution is 5.46. The predicted octanol–water partition coefficient (Wildman–Crippen LogP) is 2.64. The van der Waals surface area contributed by atoms with Crippen molar-refractivity contribution in [1.29, 1.82) is 0 Å². The molecule has 1 aromatic heterocycles. The molecule has 106 valence electrons. The van der Waals surface area contributed by atoms with Crippen molar-refractivity contribution in [1.82, 2.24) is 4.98 Å². The molecule has 1 saturated carbocycles. The van der Waals surface area contributed by atoms with Crippen molar-refractivity contribution < 1.29 is 5.11 Å². The van der Waals surface area contributed by atoms with Gasteiger partial charge < -0.3 is 15.3 Å². The van der Waals surface area contributed by atoms with Gasteiger partial charge in [0, 0.05) is 20.1 Å². The average Bonchev–Trinajstić information content (AvgIpc) is 2.83. The molecule has 1 fully saturated rings. The molecule has 0 spiro atoms. The fourth-order valence-electron chi connectivity index (χ4n) is 2.70. The number of nitrogens with one attached hydrogen (secondary N) is 1. The average molecular weight is 263 g/mol. The van der Waals surface area contributed by atoms with Crippen LogP contribution in [0.15, 0.2) is 18.2 Å². The Hall–Kier alpha value is -1.29. The van der Waals surface area contributed by atoms with Crippen LogP contribution in [0, 0.1) is 0 Å². The molecule has 2 rings (SSSR count). The molecule has 2 N–H and O–H groups in total.